The molecule has 3 amide bonds. The monoisotopic (exact) mass is 1140 g/mol. The smallest absolute Gasteiger partial charge is 0.408 e. The number of aromatic hydroxyl groups is 1. The Balaban J connectivity index is 1.30. The summed E-state index contributed by atoms with van der Waals surface area (Å²) >= 11 is 0. The number of benzene rings is 3. The molecular weight excluding hydrogens is 1070 g/mol. The molecule has 82 heavy (non-hydrogen) atoms. The van der Waals surface area contributed by atoms with Gasteiger partial charge in [0.25, 0.3) is 11.8 Å². The van der Waals surface area contributed by atoms with Crippen LogP contribution in [-0.2, 0) is 47.7 Å². The number of aliphatic hydroxyl groups excluding tert-OH is 3. The molecular formula is C57H70N6O19. The maximum Gasteiger partial charge on any atom is 0.408 e. The van der Waals surface area contributed by atoms with E-state index in [4.69, 9.17) is 42.7 Å². The van der Waals surface area contributed by atoms with Gasteiger partial charge >= 0.3 is 23.8 Å². The molecule has 25 heteroatoms. The van der Waals surface area contributed by atoms with Crippen LogP contribution in [0.5, 0.6) is 11.5 Å². The van der Waals surface area contributed by atoms with Gasteiger partial charge in [0.2, 0.25) is 10.9 Å². The summed E-state index contributed by atoms with van der Waals surface area (Å²) in [5.41, 5.74) is -1.05. The van der Waals surface area contributed by atoms with Crippen molar-refractivity contribution in [3.05, 3.63) is 79.5 Å². The van der Waals surface area contributed by atoms with Crippen LogP contribution in [0.2, 0.25) is 0 Å². The molecule has 10 unspecified atom stereocenters. The van der Waals surface area contributed by atoms with E-state index in [0.29, 0.717) is 24.7 Å². The second-order valence-corrected chi connectivity index (χ2v) is 21.8. The molecule has 9 rings (SSSR count). The number of phenols is 1. The zero-order chi connectivity index (χ0) is 59.6. The Morgan fingerprint density at radius 3 is 2.32 bits per heavy atom. The van der Waals surface area contributed by atoms with E-state index in [0.717, 1.165) is 19.6 Å². The number of methoxy groups -OCH3 is 1. The summed E-state index contributed by atoms with van der Waals surface area (Å²) in [6.45, 7) is 16.3. The van der Waals surface area contributed by atoms with Crippen LogP contribution in [0.4, 0.5) is 16.2 Å². The number of anilines is 2. The third-order valence-corrected chi connectivity index (χ3v) is 15.4. The molecule has 4 aromatic rings. The lowest BCUT2D eigenvalue weighted by Gasteiger charge is -2.38. The molecule has 6 heterocycles. The molecule has 5 aliphatic heterocycles. The van der Waals surface area contributed by atoms with Gasteiger partial charge in [-0.3, -0.25) is 33.7 Å². The van der Waals surface area contributed by atoms with Crippen LogP contribution in [0.1, 0.15) is 61.0 Å². The summed E-state index contributed by atoms with van der Waals surface area (Å²) in [5, 5.41) is 51.8. The number of esters is 2. The van der Waals surface area contributed by atoms with Crippen molar-refractivity contribution in [2.75, 3.05) is 69.9 Å². The Morgan fingerprint density at radius 2 is 1.66 bits per heavy atom. The molecule has 0 saturated carbocycles. The summed E-state index contributed by atoms with van der Waals surface area (Å²) < 4.78 is 41.0. The van der Waals surface area contributed by atoms with Gasteiger partial charge in [-0.25, -0.2) is 20.1 Å². The number of carbonyl (C=O) groups excluding carboxylic acids is 5. The van der Waals surface area contributed by atoms with Gasteiger partial charge in [-0.1, -0.05) is 59.8 Å². The number of amides is 3. The van der Waals surface area contributed by atoms with E-state index in [1.807, 2.05) is 4.90 Å². The number of hydroxylamine groups is 1. The highest BCUT2D eigenvalue weighted by Crippen LogP contribution is 2.42. The van der Waals surface area contributed by atoms with Crippen LogP contribution in [-0.4, -0.2) is 156 Å². The maximum absolute atomic E-state index is 15.3. The van der Waals surface area contributed by atoms with Crippen molar-refractivity contribution in [3.8, 4) is 11.5 Å². The van der Waals surface area contributed by atoms with Gasteiger partial charge in [-0.15, -0.1) is 0 Å². The molecule has 10 atom stereocenters. The number of piperazine rings is 1. The lowest BCUT2D eigenvalue weighted by atomic mass is 9.78. The van der Waals surface area contributed by atoms with Gasteiger partial charge in [0.15, 0.2) is 29.0 Å². The Labute approximate surface area is 470 Å². The van der Waals surface area contributed by atoms with Crippen molar-refractivity contribution < 1.29 is 82.1 Å². The van der Waals surface area contributed by atoms with E-state index in [2.05, 4.69) is 34.9 Å². The van der Waals surface area contributed by atoms with Crippen LogP contribution in [0.3, 0.4) is 0 Å². The van der Waals surface area contributed by atoms with E-state index in [1.54, 1.807) is 33.8 Å². The molecule has 5 aliphatic rings. The van der Waals surface area contributed by atoms with Gasteiger partial charge in [0.1, 0.15) is 48.1 Å². The summed E-state index contributed by atoms with van der Waals surface area (Å²) in [5.74, 6) is -9.72. The Bertz CT molecular complexity index is 3440. The van der Waals surface area contributed by atoms with E-state index in [1.165, 1.54) is 64.5 Å². The first-order chi connectivity index (χ1) is 38.8. The third-order valence-electron chi connectivity index (χ3n) is 15.4. The fourth-order valence-corrected chi connectivity index (χ4v) is 10.8. The minimum atomic E-state index is -2.09. The van der Waals surface area contributed by atoms with E-state index in [-0.39, 0.29) is 50.7 Å². The normalized spacial score (nSPS) is 26.6. The van der Waals surface area contributed by atoms with Crippen LogP contribution in [0.15, 0.2) is 62.3 Å². The number of aliphatic hydroxyl groups is 3. The number of carbonyl (C=O) groups is 5. The van der Waals surface area contributed by atoms with E-state index in [9.17, 15) is 49.2 Å². The number of phenolic OH excluding ortho intramolecular Hbond substituents is 1. The first-order valence-corrected chi connectivity index (χ1v) is 27.0. The fourth-order valence-electron chi connectivity index (χ4n) is 10.8. The molecule has 5 bridgehead atoms. The predicted molar refractivity (Wildman–Crippen MR) is 296 cm³/mol. The standard InChI is InChI=1S/C57H70N6O19/c1-26(2)22-62-15-17-63(18-16-62)34-20-36(65)43-38(21-34)81-52-44(59-43)40-41-48(69)31(7)51-42(40)53(71)57(9,82-51)78-19-14-37(75-10)28(4)50(80-32(8)64)30(6)47(68)29(5)46(67)27(3)12-11-13-33(54(72)60-45(52)49(41)70)23-76-39(66)25-77-56(74)58-35-24-79-61-55(35)73/h11-14,19-21,26-30,35,37,46-47,50,67-69,71H,15-18,22-25H2,1-10H3,(H,58,74)(H,60,72)(H,61,73). The zero-order valence-electron chi connectivity index (χ0n) is 47.2. The minimum absolute atomic E-state index is 0.0518. The largest absolute Gasteiger partial charge is 0.507 e. The van der Waals surface area contributed by atoms with Crippen molar-refractivity contribution >= 4 is 80.0 Å². The van der Waals surface area contributed by atoms with Crippen molar-refractivity contribution in [2.45, 2.75) is 98.6 Å². The van der Waals surface area contributed by atoms with Crippen molar-refractivity contribution in [1.82, 2.24) is 20.7 Å². The molecule has 1 aromatic heterocycles. The summed E-state index contributed by atoms with van der Waals surface area (Å²) in [7, 11) is 1.40. The first kappa shape index (κ1) is 60.3. The molecule has 2 saturated heterocycles. The van der Waals surface area contributed by atoms with Gasteiger partial charge in [-0.2, -0.15) is 0 Å². The quantitative estimate of drug-likeness (QED) is 0.0519. The van der Waals surface area contributed by atoms with Gasteiger partial charge < -0.3 is 68.8 Å². The highest BCUT2D eigenvalue weighted by atomic mass is 16.7. The number of aromatic nitrogens is 1. The molecule has 2 fully saturated rings. The van der Waals surface area contributed by atoms with Gasteiger partial charge in [0, 0.05) is 106 Å². The highest BCUT2D eigenvalue weighted by Gasteiger charge is 2.44. The maximum atomic E-state index is 15.3. The second kappa shape index (κ2) is 24.7. The van der Waals surface area contributed by atoms with Crippen LogP contribution >= 0.6 is 0 Å². The van der Waals surface area contributed by atoms with E-state index < -0.39 is 142 Å². The lowest BCUT2D eigenvalue weighted by molar-refractivity contribution is -0.160. The number of fused-ring (bicyclic) bond motifs is 14. The number of nitrogens with one attached hydrogen (secondary N) is 3. The average Bonchev–Trinajstić information content (AvgIpc) is 1.63. The van der Waals surface area contributed by atoms with Gasteiger partial charge in [0.05, 0.1) is 40.8 Å². The molecule has 0 aliphatic carbocycles. The lowest BCUT2D eigenvalue weighted by Crippen LogP contribution is -2.47. The van der Waals surface area contributed by atoms with Crippen molar-refractivity contribution in [1.29, 1.82) is 0 Å². The Kier molecular flexibility index (Phi) is 18.2. The number of alkyl carbamates (subject to hydrolysis) is 1. The molecule has 0 spiro atoms. The number of allylic oxidation sites excluding steroid dienone is 2. The summed E-state index contributed by atoms with van der Waals surface area (Å²) in [4.78, 5) is 108. The molecule has 25 nitrogen and oxygen atoms in total. The van der Waals surface area contributed by atoms with Crippen LogP contribution < -0.4 is 41.8 Å². The van der Waals surface area contributed by atoms with Gasteiger partial charge in [-0.05, 0) is 18.9 Å². The first-order valence-electron chi connectivity index (χ1n) is 27.0. The number of nitrogens with zero attached hydrogens (tertiary/aromatic N) is 3. The second-order valence-electron chi connectivity index (χ2n) is 21.8. The molecule has 7 N–H and O–H groups in total. The number of rotatable bonds is 10. The third kappa shape index (κ3) is 12.3. The van der Waals surface area contributed by atoms with Crippen molar-refractivity contribution in [3.63, 3.8) is 0 Å². The highest BCUT2D eigenvalue weighted by molar-refractivity contribution is 6.17. The Hall–Kier alpha value is -7.84. The number of hydrogen-bond acceptors (Lipinski definition) is 22. The average molecular weight is 1140 g/mol. The summed E-state index contributed by atoms with van der Waals surface area (Å²) in [6.07, 6.45) is 1.15. The minimum Gasteiger partial charge on any atom is -0.507 e. The molecule has 3 aromatic carbocycles. The van der Waals surface area contributed by atoms with Crippen molar-refractivity contribution in [2.24, 2.45) is 29.6 Å². The zero-order valence-corrected chi connectivity index (χ0v) is 47.2. The fraction of sp³-hybridized carbons (Fsp3) is 0.509. The molecule has 0 radical (unpaired) electrons. The van der Waals surface area contributed by atoms with Crippen LogP contribution in [0.25, 0.3) is 38.7 Å². The topological polar surface area (TPSA) is 334 Å². The SMILES string of the molecule is COC1C=COC2(C)Oc3c(C)c(O)c4c(=O)c(c5oc6cc(N7CCN(CC(C)C)CC7)cc(=O)c6nc5c4c3=C2O)NC(=O)C(COC(=O)COC(=O)NC2CONC2=O)=CC=CC(C)C(O)C(C)C(O)C(C)C(OC(C)=O)C1C. The number of hydrogen-bond donors (Lipinski definition) is 7. The van der Waals surface area contributed by atoms with Crippen LogP contribution in [0, 0.1) is 36.5 Å². The number of ether oxygens (including phenoxy) is 6. The Morgan fingerprint density at radius 1 is 0.939 bits per heavy atom. The summed E-state index contributed by atoms with van der Waals surface area (Å²) in [6, 6.07) is 1.91. The molecule has 442 valence electrons. The van der Waals surface area contributed by atoms with E-state index >= 15 is 4.79 Å². The predicted octanol–water partition coefficient (Wildman–Crippen LogP) is 3.02.